The molecule has 5 nitrogen and oxygen atoms in total. The Morgan fingerprint density at radius 3 is 2.95 bits per heavy atom. The van der Waals surface area contributed by atoms with E-state index in [9.17, 15) is 4.79 Å². The molecule has 2 aromatic heterocycles. The van der Waals surface area contributed by atoms with Crippen LogP contribution in [-0.2, 0) is 12.8 Å². The summed E-state index contributed by atoms with van der Waals surface area (Å²) in [7, 11) is 0. The number of hydrogen-bond donors (Lipinski definition) is 2. The van der Waals surface area contributed by atoms with E-state index in [1.165, 1.54) is 16.2 Å². The largest absolute Gasteiger partial charge is 0.327 e. The second-order valence-corrected chi connectivity index (χ2v) is 6.52. The van der Waals surface area contributed by atoms with E-state index in [-0.39, 0.29) is 11.9 Å². The van der Waals surface area contributed by atoms with Gasteiger partial charge in [-0.3, -0.25) is 15.1 Å². The van der Waals surface area contributed by atoms with Crippen LogP contribution in [0.2, 0.25) is 0 Å². The van der Waals surface area contributed by atoms with Crippen LogP contribution in [0.4, 0.5) is 5.13 Å². The summed E-state index contributed by atoms with van der Waals surface area (Å²) in [5.74, 6) is -0.157. The predicted octanol–water partition coefficient (Wildman–Crippen LogP) is 2.22. The Morgan fingerprint density at radius 2 is 2.19 bits per heavy atom. The number of fused-ring (bicyclic) bond motifs is 1. The van der Waals surface area contributed by atoms with E-state index < -0.39 is 0 Å². The molecule has 0 saturated heterocycles. The third-order valence-corrected chi connectivity index (χ3v) is 4.70. The fraction of sp³-hybridized carbons (Fsp3) is 0.400. The first kappa shape index (κ1) is 14.2. The Labute approximate surface area is 127 Å². The molecule has 3 N–H and O–H groups in total. The predicted molar refractivity (Wildman–Crippen MR) is 83.8 cm³/mol. The fourth-order valence-electron chi connectivity index (χ4n) is 2.54. The molecule has 110 valence electrons. The molecule has 0 radical (unpaired) electrons. The summed E-state index contributed by atoms with van der Waals surface area (Å²) in [4.78, 5) is 22.3. The zero-order valence-corrected chi connectivity index (χ0v) is 13.0. The van der Waals surface area contributed by atoms with Crippen molar-refractivity contribution in [3.8, 4) is 0 Å². The lowest BCUT2D eigenvalue weighted by Crippen LogP contribution is -2.27. The summed E-state index contributed by atoms with van der Waals surface area (Å²) in [6, 6.07) is 3.86. The number of nitrogens with zero attached hydrogens (tertiary/aromatic N) is 2. The lowest BCUT2D eigenvalue weighted by Gasteiger charge is -2.15. The number of aryl methyl sites for hydroxylation is 3. The molecule has 2 heterocycles. The number of nitrogens with one attached hydrogen (secondary N) is 1. The maximum atomic E-state index is 12.3. The van der Waals surface area contributed by atoms with Crippen molar-refractivity contribution < 1.29 is 4.79 Å². The van der Waals surface area contributed by atoms with E-state index in [0.29, 0.717) is 10.7 Å². The van der Waals surface area contributed by atoms with Crippen LogP contribution in [0.25, 0.3) is 0 Å². The highest BCUT2D eigenvalue weighted by Gasteiger charge is 2.21. The SMILES string of the molecule is Cc1ccc(C(=O)Nc2nc3c(s2)C[C@@H](N)CC3)c(C)n1. The molecular weight excluding hydrogens is 284 g/mol. The van der Waals surface area contributed by atoms with Crippen molar-refractivity contribution in [3.05, 3.63) is 39.7 Å². The van der Waals surface area contributed by atoms with Crippen LogP contribution in [-0.4, -0.2) is 21.9 Å². The number of anilines is 1. The number of rotatable bonds is 2. The molecule has 0 spiro atoms. The molecule has 3 rings (SSSR count). The number of carbonyl (C=O) groups is 1. The van der Waals surface area contributed by atoms with Gasteiger partial charge in [0.05, 0.1) is 17.0 Å². The highest BCUT2D eigenvalue weighted by Crippen LogP contribution is 2.29. The van der Waals surface area contributed by atoms with Gasteiger partial charge in [-0.25, -0.2) is 4.98 Å². The maximum Gasteiger partial charge on any atom is 0.259 e. The molecule has 1 aliphatic carbocycles. The van der Waals surface area contributed by atoms with Crippen molar-refractivity contribution in [2.45, 2.75) is 39.2 Å². The number of hydrogen-bond acceptors (Lipinski definition) is 5. The first-order valence-corrected chi connectivity index (χ1v) is 7.84. The fourth-order valence-corrected chi connectivity index (χ4v) is 3.64. The van der Waals surface area contributed by atoms with Gasteiger partial charge < -0.3 is 5.73 Å². The molecule has 1 atom stereocenters. The number of amides is 1. The topological polar surface area (TPSA) is 80.9 Å². The van der Waals surface area contributed by atoms with E-state index >= 15 is 0 Å². The third-order valence-electron chi connectivity index (χ3n) is 3.67. The average molecular weight is 302 g/mol. The quantitative estimate of drug-likeness (QED) is 0.891. The van der Waals surface area contributed by atoms with E-state index in [1.54, 1.807) is 6.07 Å². The van der Waals surface area contributed by atoms with Crippen molar-refractivity contribution in [2.24, 2.45) is 5.73 Å². The van der Waals surface area contributed by atoms with Gasteiger partial charge in [-0.1, -0.05) is 0 Å². The lowest BCUT2D eigenvalue weighted by molar-refractivity contribution is 0.102. The van der Waals surface area contributed by atoms with E-state index in [0.717, 1.165) is 36.3 Å². The first-order valence-electron chi connectivity index (χ1n) is 7.02. The van der Waals surface area contributed by atoms with Crippen molar-refractivity contribution in [3.63, 3.8) is 0 Å². The summed E-state index contributed by atoms with van der Waals surface area (Å²) in [5.41, 5.74) is 9.27. The van der Waals surface area contributed by atoms with Crippen LogP contribution in [0.15, 0.2) is 12.1 Å². The Hall–Kier alpha value is -1.79. The van der Waals surface area contributed by atoms with Gasteiger partial charge in [0.2, 0.25) is 0 Å². The molecule has 21 heavy (non-hydrogen) atoms. The van der Waals surface area contributed by atoms with Gasteiger partial charge >= 0.3 is 0 Å². The molecule has 2 aromatic rings. The minimum Gasteiger partial charge on any atom is -0.327 e. The summed E-state index contributed by atoms with van der Waals surface area (Å²) >= 11 is 1.53. The van der Waals surface area contributed by atoms with Gasteiger partial charge in [-0.15, -0.1) is 11.3 Å². The van der Waals surface area contributed by atoms with Crippen molar-refractivity contribution in [2.75, 3.05) is 5.32 Å². The van der Waals surface area contributed by atoms with E-state index in [1.807, 2.05) is 19.9 Å². The van der Waals surface area contributed by atoms with Crippen molar-refractivity contribution >= 4 is 22.4 Å². The number of aromatic nitrogens is 2. The normalized spacial score (nSPS) is 17.4. The van der Waals surface area contributed by atoms with Crippen LogP contribution in [0.1, 0.15) is 38.7 Å². The Morgan fingerprint density at radius 1 is 1.38 bits per heavy atom. The Balaban J connectivity index is 1.79. The zero-order valence-electron chi connectivity index (χ0n) is 12.1. The maximum absolute atomic E-state index is 12.3. The molecule has 1 amide bonds. The minimum atomic E-state index is -0.157. The third kappa shape index (κ3) is 2.96. The summed E-state index contributed by atoms with van der Waals surface area (Å²) in [6.45, 7) is 3.75. The molecule has 1 aliphatic rings. The van der Waals surface area contributed by atoms with Crippen molar-refractivity contribution in [1.29, 1.82) is 0 Å². The van der Waals surface area contributed by atoms with Gasteiger partial charge in [0.15, 0.2) is 5.13 Å². The van der Waals surface area contributed by atoms with Gasteiger partial charge in [-0.05, 0) is 45.2 Å². The van der Waals surface area contributed by atoms with Crippen LogP contribution in [0.3, 0.4) is 0 Å². The zero-order chi connectivity index (χ0) is 15.0. The monoisotopic (exact) mass is 302 g/mol. The molecule has 0 aromatic carbocycles. The van der Waals surface area contributed by atoms with Gasteiger partial charge in [-0.2, -0.15) is 0 Å². The van der Waals surface area contributed by atoms with Gasteiger partial charge in [0.1, 0.15) is 0 Å². The molecule has 0 saturated carbocycles. The second-order valence-electron chi connectivity index (χ2n) is 5.43. The standard InChI is InChI=1S/C15H18N4OS/c1-8-3-5-11(9(2)17-8)14(20)19-15-18-12-6-4-10(16)7-13(12)21-15/h3,5,10H,4,6-7,16H2,1-2H3,(H,18,19,20)/t10-/m0/s1. The summed E-state index contributed by atoms with van der Waals surface area (Å²) in [5, 5.41) is 3.53. The Kier molecular flexibility index (Phi) is 3.73. The number of pyridine rings is 1. The van der Waals surface area contributed by atoms with E-state index in [2.05, 4.69) is 15.3 Å². The van der Waals surface area contributed by atoms with Gasteiger partial charge in [0, 0.05) is 16.6 Å². The molecule has 0 unspecified atom stereocenters. The van der Waals surface area contributed by atoms with Crippen LogP contribution < -0.4 is 11.1 Å². The van der Waals surface area contributed by atoms with Gasteiger partial charge in [0.25, 0.3) is 5.91 Å². The second kappa shape index (κ2) is 5.54. The number of carbonyl (C=O) groups excluding carboxylic acids is 1. The van der Waals surface area contributed by atoms with Crippen LogP contribution >= 0.6 is 11.3 Å². The Bertz CT molecular complexity index is 695. The van der Waals surface area contributed by atoms with Crippen molar-refractivity contribution in [1.82, 2.24) is 9.97 Å². The molecular formula is C15H18N4OS. The molecule has 0 aliphatic heterocycles. The highest BCUT2D eigenvalue weighted by molar-refractivity contribution is 7.15. The molecule has 0 bridgehead atoms. The summed E-state index contributed by atoms with van der Waals surface area (Å²) in [6.07, 6.45) is 2.72. The number of thiazole rings is 1. The van der Waals surface area contributed by atoms with E-state index in [4.69, 9.17) is 5.73 Å². The smallest absolute Gasteiger partial charge is 0.259 e. The van der Waals surface area contributed by atoms with Crippen LogP contribution in [0.5, 0.6) is 0 Å². The molecule has 0 fully saturated rings. The molecule has 6 heteroatoms. The minimum absolute atomic E-state index is 0.157. The highest BCUT2D eigenvalue weighted by atomic mass is 32.1. The first-order chi connectivity index (χ1) is 10.0. The lowest BCUT2D eigenvalue weighted by atomic mass is 9.99. The van der Waals surface area contributed by atoms with Crippen LogP contribution in [0, 0.1) is 13.8 Å². The average Bonchev–Trinajstić information content (AvgIpc) is 2.79. The summed E-state index contributed by atoms with van der Waals surface area (Å²) < 4.78 is 0. The number of nitrogens with two attached hydrogens (primary N) is 1.